The minimum Gasteiger partial charge on any atom is -0.508 e. The summed E-state index contributed by atoms with van der Waals surface area (Å²) >= 11 is 0. The minimum absolute atomic E-state index is 0.500. The van der Waals surface area contributed by atoms with Crippen molar-refractivity contribution in [1.82, 2.24) is 4.90 Å². The Hall–Kier alpha value is -1.02. The molecule has 1 aromatic rings. The van der Waals surface area contributed by atoms with Gasteiger partial charge in [0.15, 0.2) is 0 Å². The van der Waals surface area contributed by atoms with Crippen LogP contribution < -0.4 is 0 Å². The summed E-state index contributed by atoms with van der Waals surface area (Å²) in [5.74, 6) is 0.500. The number of aromatic hydroxyl groups is 1. The highest BCUT2D eigenvalue weighted by molar-refractivity contribution is 5.44. The van der Waals surface area contributed by atoms with E-state index >= 15 is 0 Å². The standard InChI is InChI=1S/C17H25NO/c1-2-18(13-7-4-3-5-8-13)16-12-11-15-14(16)9-6-10-17(15)19/h6,9-10,13,16,19H,2-5,7-8,11-12H2,1H3. The molecule has 104 valence electrons. The first-order valence-corrected chi connectivity index (χ1v) is 7.87. The Kier molecular flexibility index (Phi) is 3.79. The van der Waals surface area contributed by atoms with Gasteiger partial charge in [0.25, 0.3) is 0 Å². The molecule has 1 saturated carbocycles. The topological polar surface area (TPSA) is 23.5 Å². The lowest BCUT2D eigenvalue weighted by Gasteiger charge is -2.38. The summed E-state index contributed by atoms with van der Waals surface area (Å²) < 4.78 is 0. The maximum Gasteiger partial charge on any atom is 0.119 e. The van der Waals surface area contributed by atoms with E-state index in [-0.39, 0.29) is 0 Å². The van der Waals surface area contributed by atoms with Crippen LogP contribution in [0.5, 0.6) is 5.75 Å². The third-order valence-corrected chi connectivity index (χ3v) is 5.02. The predicted octanol–water partition coefficient (Wildman–Crippen LogP) is 4.03. The van der Waals surface area contributed by atoms with Gasteiger partial charge in [0.1, 0.15) is 5.75 Å². The number of phenols is 1. The van der Waals surface area contributed by atoms with Gasteiger partial charge in [-0.3, -0.25) is 4.90 Å². The molecule has 0 heterocycles. The molecular formula is C17H25NO. The summed E-state index contributed by atoms with van der Waals surface area (Å²) in [6, 6.07) is 7.35. The number of benzene rings is 1. The normalized spacial score (nSPS) is 23.8. The Morgan fingerprint density at radius 1 is 1.16 bits per heavy atom. The van der Waals surface area contributed by atoms with Crippen LogP contribution in [-0.4, -0.2) is 22.6 Å². The van der Waals surface area contributed by atoms with Crippen LogP contribution in [0.25, 0.3) is 0 Å². The Morgan fingerprint density at radius 2 is 1.95 bits per heavy atom. The van der Waals surface area contributed by atoms with E-state index in [0.29, 0.717) is 11.8 Å². The maximum absolute atomic E-state index is 10.00. The fraction of sp³-hybridized carbons (Fsp3) is 0.647. The van der Waals surface area contributed by atoms with Gasteiger partial charge in [0, 0.05) is 12.1 Å². The molecule has 1 N–H and O–H groups in total. The second-order valence-corrected chi connectivity index (χ2v) is 6.02. The Bertz CT molecular complexity index is 437. The van der Waals surface area contributed by atoms with Gasteiger partial charge in [-0.2, -0.15) is 0 Å². The third kappa shape index (κ3) is 2.38. The van der Waals surface area contributed by atoms with Gasteiger partial charge in [-0.25, -0.2) is 0 Å². The van der Waals surface area contributed by atoms with Crippen molar-refractivity contribution >= 4 is 0 Å². The maximum atomic E-state index is 10.00. The average molecular weight is 259 g/mol. The van der Waals surface area contributed by atoms with Gasteiger partial charge in [-0.05, 0) is 49.4 Å². The van der Waals surface area contributed by atoms with Crippen LogP contribution in [0.4, 0.5) is 0 Å². The zero-order chi connectivity index (χ0) is 13.2. The summed E-state index contributed by atoms with van der Waals surface area (Å²) in [5, 5.41) is 10.00. The molecule has 0 bridgehead atoms. The van der Waals surface area contributed by atoms with Crippen LogP contribution in [-0.2, 0) is 6.42 Å². The fourth-order valence-corrected chi connectivity index (χ4v) is 4.10. The quantitative estimate of drug-likeness (QED) is 0.885. The lowest BCUT2D eigenvalue weighted by molar-refractivity contribution is 0.110. The molecule has 1 atom stereocenters. The minimum atomic E-state index is 0.500. The molecule has 1 fully saturated rings. The van der Waals surface area contributed by atoms with E-state index in [0.717, 1.165) is 19.0 Å². The second kappa shape index (κ2) is 5.54. The van der Waals surface area contributed by atoms with Crippen molar-refractivity contribution in [1.29, 1.82) is 0 Å². The lowest BCUT2D eigenvalue weighted by Crippen LogP contribution is -2.38. The number of hydrogen-bond acceptors (Lipinski definition) is 2. The molecule has 0 spiro atoms. The zero-order valence-corrected chi connectivity index (χ0v) is 11.9. The van der Waals surface area contributed by atoms with E-state index in [1.807, 2.05) is 12.1 Å². The summed E-state index contributed by atoms with van der Waals surface area (Å²) in [4.78, 5) is 2.70. The second-order valence-electron chi connectivity index (χ2n) is 6.02. The monoisotopic (exact) mass is 259 g/mol. The molecule has 2 aliphatic carbocycles. The molecule has 0 aromatic heterocycles. The molecule has 2 heteroatoms. The molecule has 0 saturated heterocycles. The van der Waals surface area contributed by atoms with Crippen molar-refractivity contribution in [2.45, 2.75) is 64.0 Å². The average Bonchev–Trinajstić information content (AvgIpc) is 2.87. The van der Waals surface area contributed by atoms with Crippen molar-refractivity contribution in [3.63, 3.8) is 0 Å². The highest BCUT2D eigenvalue weighted by Crippen LogP contribution is 2.42. The fourth-order valence-electron chi connectivity index (χ4n) is 4.10. The van der Waals surface area contributed by atoms with Gasteiger partial charge in [-0.15, -0.1) is 0 Å². The first-order chi connectivity index (χ1) is 9.31. The van der Waals surface area contributed by atoms with Gasteiger partial charge < -0.3 is 5.11 Å². The Balaban J connectivity index is 1.84. The molecular weight excluding hydrogens is 234 g/mol. The number of rotatable bonds is 3. The van der Waals surface area contributed by atoms with Crippen LogP contribution in [0, 0.1) is 0 Å². The number of phenolic OH excluding ortho intramolecular Hbond substituents is 1. The molecule has 0 radical (unpaired) electrons. The molecule has 2 nitrogen and oxygen atoms in total. The van der Waals surface area contributed by atoms with Crippen molar-refractivity contribution < 1.29 is 5.11 Å². The molecule has 19 heavy (non-hydrogen) atoms. The first-order valence-electron chi connectivity index (χ1n) is 7.87. The van der Waals surface area contributed by atoms with E-state index in [1.165, 1.54) is 49.7 Å². The van der Waals surface area contributed by atoms with Gasteiger partial charge in [0.2, 0.25) is 0 Å². The van der Waals surface area contributed by atoms with Gasteiger partial charge >= 0.3 is 0 Å². The van der Waals surface area contributed by atoms with Crippen molar-refractivity contribution in [3.05, 3.63) is 29.3 Å². The van der Waals surface area contributed by atoms with E-state index < -0.39 is 0 Å². The SMILES string of the molecule is CCN(C1CCCCC1)C1CCc2c(O)cccc21. The largest absolute Gasteiger partial charge is 0.508 e. The van der Waals surface area contributed by atoms with Crippen LogP contribution >= 0.6 is 0 Å². The smallest absolute Gasteiger partial charge is 0.119 e. The van der Waals surface area contributed by atoms with Gasteiger partial charge in [0.05, 0.1) is 0 Å². The summed E-state index contributed by atoms with van der Waals surface area (Å²) in [7, 11) is 0. The number of fused-ring (bicyclic) bond motifs is 1. The Labute approximate surface area is 116 Å². The highest BCUT2D eigenvalue weighted by atomic mass is 16.3. The molecule has 3 rings (SSSR count). The van der Waals surface area contributed by atoms with Crippen molar-refractivity contribution in [3.8, 4) is 5.75 Å². The summed E-state index contributed by atoms with van der Waals surface area (Å²) in [6.07, 6.45) is 9.13. The molecule has 2 aliphatic rings. The van der Waals surface area contributed by atoms with Crippen LogP contribution in [0.2, 0.25) is 0 Å². The highest BCUT2D eigenvalue weighted by Gasteiger charge is 2.32. The van der Waals surface area contributed by atoms with Crippen LogP contribution in [0.3, 0.4) is 0 Å². The van der Waals surface area contributed by atoms with E-state index in [2.05, 4.69) is 17.9 Å². The first kappa shape index (κ1) is 13.0. The third-order valence-electron chi connectivity index (χ3n) is 5.02. The van der Waals surface area contributed by atoms with E-state index in [4.69, 9.17) is 0 Å². The summed E-state index contributed by atoms with van der Waals surface area (Å²) in [5.41, 5.74) is 2.58. The number of nitrogens with zero attached hydrogens (tertiary/aromatic N) is 1. The predicted molar refractivity (Wildman–Crippen MR) is 78.4 cm³/mol. The van der Waals surface area contributed by atoms with Gasteiger partial charge in [-0.1, -0.05) is 38.3 Å². The van der Waals surface area contributed by atoms with Crippen LogP contribution in [0.1, 0.15) is 62.6 Å². The van der Waals surface area contributed by atoms with E-state index in [9.17, 15) is 5.11 Å². The molecule has 1 aromatic carbocycles. The zero-order valence-electron chi connectivity index (χ0n) is 11.9. The van der Waals surface area contributed by atoms with E-state index in [1.54, 1.807) is 0 Å². The van der Waals surface area contributed by atoms with Crippen molar-refractivity contribution in [2.75, 3.05) is 6.54 Å². The van der Waals surface area contributed by atoms with Crippen molar-refractivity contribution in [2.24, 2.45) is 0 Å². The Morgan fingerprint density at radius 3 is 2.68 bits per heavy atom. The molecule has 0 amide bonds. The lowest BCUT2D eigenvalue weighted by atomic mass is 9.92. The summed E-state index contributed by atoms with van der Waals surface area (Å²) in [6.45, 7) is 3.42. The van der Waals surface area contributed by atoms with Crippen LogP contribution in [0.15, 0.2) is 18.2 Å². The molecule has 0 aliphatic heterocycles. The molecule has 1 unspecified atom stereocenters. The number of hydrogen-bond donors (Lipinski definition) is 1.